The van der Waals surface area contributed by atoms with Gasteiger partial charge in [-0.25, -0.2) is 4.79 Å². The average molecular weight is 377 g/mol. The van der Waals surface area contributed by atoms with E-state index in [1.165, 1.54) is 12.1 Å². The quantitative estimate of drug-likeness (QED) is 0.809. The first-order chi connectivity index (χ1) is 12.2. The molecule has 0 aliphatic carbocycles. The molecule has 0 unspecified atom stereocenters. The molecule has 0 radical (unpaired) electrons. The predicted molar refractivity (Wildman–Crippen MR) is 99.8 cm³/mol. The molecule has 1 amide bonds. The van der Waals surface area contributed by atoms with E-state index in [-0.39, 0.29) is 17.6 Å². The maximum Gasteiger partial charge on any atom is 0.429 e. The Morgan fingerprint density at radius 1 is 0.885 bits per heavy atom. The first kappa shape index (κ1) is 19.8. The molecular formula is C19H23NO5S. The summed E-state index contributed by atoms with van der Waals surface area (Å²) in [5, 5.41) is 0. The van der Waals surface area contributed by atoms with Crippen molar-refractivity contribution < 1.29 is 22.1 Å². The monoisotopic (exact) mass is 377 g/mol. The number of carbonyl (C=O) groups excluding carboxylic acids is 1. The fourth-order valence-corrected chi connectivity index (χ4v) is 3.09. The van der Waals surface area contributed by atoms with Gasteiger partial charge in [-0.15, -0.1) is 0 Å². The van der Waals surface area contributed by atoms with Crippen molar-refractivity contribution in [3.8, 4) is 11.5 Å². The molecule has 0 spiro atoms. The smallest absolute Gasteiger partial charge is 0.409 e. The van der Waals surface area contributed by atoms with Crippen molar-refractivity contribution in [3.63, 3.8) is 0 Å². The number of nitrogens with one attached hydrogen (secondary N) is 1. The van der Waals surface area contributed by atoms with Crippen LogP contribution in [-0.2, 0) is 10.3 Å². The Morgan fingerprint density at radius 2 is 1.42 bits per heavy atom. The van der Waals surface area contributed by atoms with E-state index in [4.69, 9.17) is 8.92 Å². The molecule has 6 nitrogen and oxygen atoms in total. The maximum atomic E-state index is 12.2. The molecule has 2 aromatic rings. The number of ether oxygens (including phenoxy) is 1. The molecule has 0 bridgehead atoms. The summed E-state index contributed by atoms with van der Waals surface area (Å²) >= 11 is 0. The van der Waals surface area contributed by atoms with E-state index in [1.54, 1.807) is 22.9 Å². The highest BCUT2D eigenvalue weighted by Crippen LogP contribution is 2.34. The minimum Gasteiger partial charge on any atom is -0.409 e. The van der Waals surface area contributed by atoms with Crippen molar-refractivity contribution in [2.45, 2.75) is 39.5 Å². The Bertz CT molecular complexity index is 835. The number of rotatable bonds is 6. The summed E-state index contributed by atoms with van der Waals surface area (Å²) < 4.78 is 36.0. The topological polar surface area (TPSA) is 81.7 Å². The lowest BCUT2D eigenvalue weighted by molar-refractivity contribution is 0.205. The molecule has 0 fully saturated rings. The molecule has 7 heteroatoms. The van der Waals surface area contributed by atoms with Crippen molar-refractivity contribution >= 4 is 16.4 Å². The number of hydrogen-bond donors (Lipinski definition) is 1. The molecule has 0 aliphatic heterocycles. The van der Waals surface area contributed by atoms with Crippen LogP contribution in [0.2, 0.25) is 0 Å². The molecule has 0 atom stereocenters. The van der Waals surface area contributed by atoms with Gasteiger partial charge < -0.3 is 8.92 Å². The number of benzene rings is 2. The van der Waals surface area contributed by atoms with Gasteiger partial charge in [0.05, 0.1) is 0 Å². The van der Waals surface area contributed by atoms with E-state index in [9.17, 15) is 13.2 Å². The molecule has 26 heavy (non-hydrogen) atoms. The zero-order valence-corrected chi connectivity index (χ0v) is 16.0. The highest BCUT2D eigenvalue weighted by Gasteiger charge is 2.22. The lowest BCUT2D eigenvalue weighted by Crippen LogP contribution is -2.36. The number of amides is 1. The fraction of sp³-hybridized carbons (Fsp3) is 0.316. The van der Waals surface area contributed by atoms with E-state index in [2.05, 4.69) is 0 Å². The standard InChI is InChI=1S/C19H23NO5S/c1-13(2)16-11-8-12-17(14(3)4)18(16)24-19(21)20-26(22,23)25-15-9-6-5-7-10-15/h5-14H,1-4H3,(H,20,21). The number of hydrogen-bond acceptors (Lipinski definition) is 5. The third-order valence-corrected chi connectivity index (χ3v) is 4.50. The molecule has 2 rings (SSSR count). The second-order valence-electron chi connectivity index (χ2n) is 6.42. The minimum absolute atomic E-state index is 0.0956. The van der Waals surface area contributed by atoms with Gasteiger partial charge in [-0.1, -0.05) is 64.1 Å². The van der Waals surface area contributed by atoms with Crippen LogP contribution in [0.5, 0.6) is 11.5 Å². The first-order valence-corrected chi connectivity index (χ1v) is 9.72. The van der Waals surface area contributed by atoms with Crippen LogP contribution in [-0.4, -0.2) is 14.5 Å². The van der Waals surface area contributed by atoms with Crippen molar-refractivity contribution in [1.29, 1.82) is 0 Å². The normalized spacial score (nSPS) is 11.5. The lowest BCUT2D eigenvalue weighted by atomic mass is 9.94. The van der Waals surface area contributed by atoms with Gasteiger partial charge in [0.15, 0.2) is 0 Å². The van der Waals surface area contributed by atoms with Crippen molar-refractivity contribution in [1.82, 2.24) is 4.72 Å². The Kier molecular flexibility index (Phi) is 6.26. The summed E-state index contributed by atoms with van der Waals surface area (Å²) in [4.78, 5) is 12.2. The molecule has 0 saturated heterocycles. The zero-order chi connectivity index (χ0) is 19.3. The third-order valence-electron chi connectivity index (χ3n) is 3.67. The summed E-state index contributed by atoms with van der Waals surface area (Å²) in [6.45, 7) is 7.89. The van der Waals surface area contributed by atoms with E-state index in [0.717, 1.165) is 11.1 Å². The largest absolute Gasteiger partial charge is 0.429 e. The van der Waals surface area contributed by atoms with Crippen LogP contribution in [0.4, 0.5) is 4.79 Å². The molecule has 0 saturated carbocycles. The Balaban J connectivity index is 2.19. The molecule has 0 heterocycles. The van der Waals surface area contributed by atoms with Gasteiger partial charge in [0.25, 0.3) is 0 Å². The predicted octanol–water partition coefficient (Wildman–Crippen LogP) is 4.35. The van der Waals surface area contributed by atoms with Gasteiger partial charge in [0.2, 0.25) is 0 Å². The van der Waals surface area contributed by atoms with Crippen molar-refractivity contribution in [2.75, 3.05) is 0 Å². The molecule has 2 aromatic carbocycles. The van der Waals surface area contributed by atoms with Gasteiger partial charge >= 0.3 is 16.4 Å². The van der Waals surface area contributed by atoms with E-state index in [0.29, 0.717) is 5.75 Å². The SMILES string of the molecule is CC(C)c1cccc(C(C)C)c1OC(=O)NS(=O)(=O)Oc1ccccc1. The van der Waals surface area contributed by atoms with Gasteiger partial charge in [-0.05, 0) is 35.1 Å². The molecule has 0 aliphatic rings. The fourth-order valence-electron chi connectivity index (χ4n) is 2.44. The van der Waals surface area contributed by atoms with Crippen molar-refractivity contribution in [2.24, 2.45) is 0 Å². The Morgan fingerprint density at radius 3 is 1.92 bits per heavy atom. The van der Waals surface area contributed by atoms with E-state index in [1.807, 2.05) is 45.9 Å². The molecular weight excluding hydrogens is 354 g/mol. The van der Waals surface area contributed by atoms with Crippen LogP contribution in [0.3, 0.4) is 0 Å². The number of carbonyl (C=O) groups is 1. The Hall–Kier alpha value is -2.54. The summed E-state index contributed by atoms with van der Waals surface area (Å²) in [7, 11) is -4.34. The van der Waals surface area contributed by atoms with Crippen LogP contribution in [0.1, 0.15) is 50.7 Å². The zero-order valence-electron chi connectivity index (χ0n) is 15.2. The van der Waals surface area contributed by atoms with Gasteiger partial charge in [-0.2, -0.15) is 13.1 Å². The second-order valence-corrected chi connectivity index (χ2v) is 7.70. The highest BCUT2D eigenvalue weighted by molar-refractivity contribution is 7.85. The van der Waals surface area contributed by atoms with E-state index >= 15 is 0 Å². The first-order valence-electron chi connectivity index (χ1n) is 8.31. The van der Waals surface area contributed by atoms with Gasteiger partial charge in [0, 0.05) is 0 Å². The van der Waals surface area contributed by atoms with Crippen LogP contribution >= 0.6 is 0 Å². The molecule has 1 N–H and O–H groups in total. The summed E-state index contributed by atoms with van der Waals surface area (Å²) in [6.07, 6.45) is -1.11. The summed E-state index contributed by atoms with van der Waals surface area (Å²) in [6, 6.07) is 13.5. The lowest BCUT2D eigenvalue weighted by Gasteiger charge is -2.19. The Labute approximate surface area is 154 Å². The van der Waals surface area contributed by atoms with Crippen LogP contribution in [0, 0.1) is 0 Å². The maximum absolute atomic E-state index is 12.2. The van der Waals surface area contributed by atoms with Crippen LogP contribution in [0.15, 0.2) is 48.5 Å². The average Bonchev–Trinajstić information content (AvgIpc) is 2.54. The minimum atomic E-state index is -4.34. The third kappa shape index (κ3) is 5.23. The van der Waals surface area contributed by atoms with Gasteiger partial charge in [0.1, 0.15) is 11.5 Å². The summed E-state index contributed by atoms with van der Waals surface area (Å²) in [5.74, 6) is 0.686. The van der Waals surface area contributed by atoms with Gasteiger partial charge in [-0.3, -0.25) is 0 Å². The number of para-hydroxylation sites is 2. The molecule has 0 aromatic heterocycles. The van der Waals surface area contributed by atoms with Crippen LogP contribution in [0.25, 0.3) is 0 Å². The molecule has 140 valence electrons. The second kappa shape index (κ2) is 8.23. The van der Waals surface area contributed by atoms with Crippen molar-refractivity contribution in [3.05, 3.63) is 59.7 Å². The van der Waals surface area contributed by atoms with Crippen LogP contribution < -0.4 is 13.6 Å². The van der Waals surface area contributed by atoms with E-state index < -0.39 is 16.4 Å². The highest BCUT2D eigenvalue weighted by atomic mass is 32.2. The summed E-state index contributed by atoms with van der Waals surface area (Å²) in [5.41, 5.74) is 1.65.